The highest BCUT2D eigenvalue weighted by atomic mass is 35.5. The molecule has 1 N–H and O–H groups in total. The van der Waals surface area contributed by atoms with Gasteiger partial charge in [0.05, 0.1) is 0 Å². The van der Waals surface area contributed by atoms with E-state index in [-0.39, 0.29) is 5.82 Å². The summed E-state index contributed by atoms with van der Waals surface area (Å²) in [5.41, 5.74) is 4.28. The van der Waals surface area contributed by atoms with E-state index < -0.39 is 0 Å². The van der Waals surface area contributed by atoms with Crippen molar-refractivity contribution in [1.29, 1.82) is 0 Å². The summed E-state index contributed by atoms with van der Waals surface area (Å²) in [4.78, 5) is 0. The molecule has 0 aromatic heterocycles. The number of rotatable bonds is 1. The van der Waals surface area contributed by atoms with Crippen LogP contribution in [0.5, 0.6) is 0 Å². The van der Waals surface area contributed by atoms with Crippen LogP contribution in [0.25, 0.3) is 11.1 Å². The van der Waals surface area contributed by atoms with Gasteiger partial charge in [0, 0.05) is 17.3 Å². The zero-order valence-electron chi connectivity index (χ0n) is 9.84. The van der Waals surface area contributed by atoms with E-state index in [1.165, 1.54) is 17.7 Å². The van der Waals surface area contributed by atoms with Crippen molar-refractivity contribution < 1.29 is 4.39 Å². The maximum atomic E-state index is 13.4. The number of fused-ring (bicyclic) bond motifs is 1. The van der Waals surface area contributed by atoms with E-state index in [1.807, 2.05) is 6.07 Å². The summed E-state index contributed by atoms with van der Waals surface area (Å²) < 4.78 is 13.4. The fourth-order valence-electron chi connectivity index (χ4n) is 2.36. The van der Waals surface area contributed by atoms with Crippen LogP contribution in [0, 0.1) is 5.82 Å². The third-order valence-electron chi connectivity index (χ3n) is 3.24. The predicted octanol–water partition coefficient (Wildman–Crippen LogP) is 4.50. The molecule has 1 aliphatic rings. The van der Waals surface area contributed by atoms with E-state index in [0.717, 1.165) is 36.2 Å². The number of halogens is 2. The Morgan fingerprint density at radius 3 is 2.78 bits per heavy atom. The van der Waals surface area contributed by atoms with Crippen LogP contribution >= 0.6 is 11.6 Å². The van der Waals surface area contributed by atoms with Crippen LogP contribution in [0.15, 0.2) is 36.4 Å². The molecule has 0 bridgehead atoms. The molecular formula is C15H13ClFN. The summed E-state index contributed by atoms with van der Waals surface area (Å²) >= 11 is 5.89. The van der Waals surface area contributed by atoms with Crippen molar-refractivity contribution in [3.8, 4) is 11.1 Å². The van der Waals surface area contributed by atoms with Crippen molar-refractivity contribution >= 4 is 17.3 Å². The Labute approximate surface area is 111 Å². The quantitative estimate of drug-likeness (QED) is 0.797. The van der Waals surface area contributed by atoms with Crippen LogP contribution in [0.1, 0.15) is 12.0 Å². The van der Waals surface area contributed by atoms with Crippen molar-refractivity contribution in [3.63, 3.8) is 0 Å². The zero-order chi connectivity index (χ0) is 12.5. The second kappa shape index (κ2) is 4.62. The highest BCUT2D eigenvalue weighted by Crippen LogP contribution is 2.30. The molecule has 0 saturated heterocycles. The van der Waals surface area contributed by atoms with E-state index >= 15 is 0 Å². The molecule has 0 saturated carbocycles. The first kappa shape index (κ1) is 11.5. The Kier molecular flexibility index (Phi) is 2.96. The largest absolute Gasteiger partial charge is 0.385 e. The lowest BCUT2D eigenvalue weighted by atomic mass is 9.98. The third-order valence-corrected chi connectivity index (χ3v) is 3.46. The van der Waals surface area contributed by atoms with Crippen LogP contribution in [-0.2, 0) is 6.42 Å². The van der Waals surface area contributed by atoms with Crippen molar-refractivity contribution in [2.24, 2.45) is 0 Å². The van der Waals surface area contributed by atoms with Crippen molar-refractivity contribution in [2.75, 3.05) is 11.9 Å². The lowest BCUT2D eigenvalue weighted by Gasteiger charge is -2.18. The molecule has 18 heavy (non-hydrogen) atoms. The van der Waals surface area contributed by atoms with Gasteiger partial charge in [0.15, 0.2) is 0 Å². The molecule has 3 rings (SSSR count). The Morgan fingerprint density at radius 2 is 1.94 bits per heavy atom. The van der Waals surface area contributed by atoms with Gasteiger partial charge in [0.1, 0.15) is 5.82 Å². The molecule has 0 radical (unpaired) electrons. The average molecular weight is 262 g/mol. The maximum Gasteiger partial charge on any atom is 0.125 e. The minimum absolute atomic E-state index is 0.303. The smallest absolute Gasteiger partial charge is 0.125 e. The van der Waals surface area contributed by atoms with Crippen molar-refractivity contribution in [2.45, 2.75) is 12.8 Å². The van der Waals surface area contributed by atoms with Gasteiger partial charge in [-0.3, -0.25) is 0 Å². The van der Waals surface area contributed by atoms with Crippen LogP contribution in [0.3, 0.4) is 0 Å². The fraction of sp³-hybridized carbons (Fsp3) is 0.200. The minimum Gasteiger partial charge on any atom is -0.385 e. The molecular weight excluding hydrogens is 249 g/mol. The maximum absolute atomic E-state index is 13.4. The highest BCUT2D eigenvalue weighted by molar-refractivity contribution is 6.30. The second-order valence-corrected chi connectivity index (χ2v) is 5.00. The lowest BCUT2D eigenvalue weighted by Crippen LogP contribution is -2.11. The molecule has 1 aliphatic heterocycles. The molecule has 92 valence electrons. The Balaban J connectivity index is 2.06. The number of benzene rings is 2. The van der Waals surface area contributed by atoms with E-state index in [9.17, 15) is 4.39 Å². The highest BCUT2D eigenvalue weighted by Gasteiger charge is 2.10. The van der Waals surface area contributed by atoms with Crippen LogP contribution in [-0.4, -0.2) is 6.54 Å². The van der Waals surface area contributed by atoms with Crippen LogP contribution < -0.4 is 5.32 Å². The van der Waals surface area contributed by atoms with Gasteiger partial charge in [-0.1, -0.05) is 23.7 Å². The van der Waals surface area contributed by atoms with E-state index in [4.69, 9.17) is 11.6 Å². The first-order valence-corrected chi connectivity index (χ1v) is 6.43. The summed E-state index contributed by atoms with van der Waals surface area (Å²) in [6.07, 6.45) is 2.27. The molecule has 1 heterocycles. The van der Waals surface area contributed by atoms with E-state index in [0.29, 0.717) is 5.02 Å². The van der Waals surface area contributed by atoms with Gasteiger partial charge in [-0.25, -0.2) is 4.39 Å². The topological polar surface area (TPSA) is 12.0 Å². The second-order valence-electron chi connectivity index (χ2n) is 4.56. The molecule has 2 aromatic carbocycles. The number of hydrogen-bond donors (Lipinski definition) is 1. The third kappa shape index (κ3) is 2.21. The van der Waals surface area contributed by atoms with E-state index in [2.05, 4.69) is 17.4 Å². The number of anilines is 1. The monoisotopic (exact) mass is 261 g/mol. The average Bonchev–Trinajstić information content (AvgIpc) is 2.37. The molecule has 1 nitrogen and oxygen atoms in total. The normalized spacial score (nSPS) is 13.9. The predicted molar refractivity (Wildman–Crippen MR) is 73.7 cm³/mol. The Morgan fingerprint density at radius 1 is 1.06 bits per heavy atom. The Hall–Kier alpha value is -1.54. The van der Waals surface area contributed by atoms with Gasteiger partial charge < -0.3 is 5.32 Å². The summed E-state index contributed by atoms with van der Waals surface area (Å²) in [5, 5.41) is 3.80. The standard InChI is InChI=1S/C15H13ClFN/c16-13-6-12(7-14(17)9-13)11-4-3-10-2-1-5-18-15(10)8-11/h3-4,6-9,18H,1-2,5H2. The first-order valence-electron chi connectivity index (χ1n) is 6.06. The summed E-state index contributed by atoms with van der Waals surface area (Å²) in [7, 11) is 0. The van der Waals surface area contributed by atoms with Gasteiger partial charge in [0.25, 0.3) is 0 Å². The summed E-state index contributed by atoms with van der Waals surface area (Å²) in [6.45, 7) is 1.00. The first-order chi connectivity index (χ1) is 8.72. The summed E-state index contributed by atoms with van der Waals surface area (Å²) in [6, 6.07) is 10.8. The number of hydrogen-bond acceptors (Lipinski definition) is 1. The van der Waals surface area contributed by atoms with Crippen LogP contribution in [0.4, 0.5) is 10.1 Å². The molecule has 0 fully saturated rings. The molecule has 0 aliphatic carbocycles. The number of nitrogens with one attached hydrogen (secondary N) is 1. The number of aryl methyl sites for hydroxylation is 1. The van der Waals surface area contributed by atoms with Crippen molar-refractivity contribution in [3.05, 3.63) is 52.8 Å². The van der Waals surface area contributed by atoms with E-state index in [1.54, 1.807) is 6.07 Å². The molecule has 0 atom stereocenters. The molecule has 2 aromatic rings. The van der Waals surface area contributed by atoms with Gasteiger partial charge in [-0.15, -0.1) is 0 Å². The van der Waals surface area contributed by atoms with Gasteiger partial charge in [-0.2, -0.15) is 0 Å². The fourth-order valence-corrected chi connectivity index (χ4v) is 2.58. The van der Waals surface area contributed by atoms with Gasteiger partial charge in [-0.05, 0) is 53.8 Å². The molecule has 0 amide bonds. The SMILES string of the molecule is Fc1cc(Cl)cc(-c2ccc3c(c2)NCCC3)c1. The molecule has 0 spiro atoms. The Bertz CT molecular complexity index is 575. The molecule has 3 heteroatoms. The lowest BCUT2D eigenvalue weighted by molar-refractivity contribution is 0.628. The minimum atomic E-state index is -0.303. The zero-order valence-corrected chi connectivity index (χ0v) is 10.6. The van der Waals surface area contributed by atoms with Gasteiger partial charge in [0.2, 0.25) is 0 Å². The van der Waals surface area contributed by atoms with Crippen molar-refractivity contribution in [1.82, 2.24) is 0 Å². The summed E-state index contributed by atoms with van der Waals surface area (Å²) in [5.74, 6) is -0.303. The molecule has 0 unspecified atom stereocenters. The van der Waals surface area contributed by atoms with Gasteiger partial charge >= 0.3 is 0 Å². The van der Waals surface area contributed by atoms with Crippen LogP contribution in [0.2, 0.25) is 5.02 Å².